The number of hydrogen-bond acceptors (Lipinski definition) is 3. The molecule has 2 rings (SSSR count). The molecule has 1 aromatic heterocycles. The first kappa shape index (κ1) is 21.4. The summed E-state index contributed by atoms with van der Waals surface area (Å²) in [5.74, 6) is 0. The van der Waals surface area contributed by atoms with Crippen molar-refractivity contribution < 1.29 is 0 Å². The third kappa shape index (κ3) is 5.30. The monoisotopic (exact) mass is 388 g/mol. The summed E-state index contributed by atoms with van der Waals surface area (Å²) < 4.78 is 0. The van der Waals surface area contributed by atoms with Crippen molar-refractivity contribution in [3.05, 3.63) is 45.2 Å². The van der Waals surface area contributed by atoms with Gasteiger partial charge >= 0.3 is 0 Å². The number of aromatic nitrogens is 1. The van der Waals surface area contributed by atoms with E-state index in [-0.39, 0.29) is 5.56 Å². The second-order valence-electron chi connectivity index (χ2n) is 6.88. The van der Waals surface area contributed by atoms with Crippen LogP contribution in [0.1, 0.15) is 37.5 Å². The van der Waals surface area contributed by atoms with E-state index in [2.05, 4.69) is 53.0 Å². The Morgan fingerprint density at radius 2 is 1.85 bits per heavy atom. The summed E-state index contributed by atoms with van der Waals surface area (Å²) in [6.45, 7) is 15.5. The van der Waals surface area contributed by atoms with Crippen molar-refractivity contribution in [2.24, 2.45) is 0 Å². The lowest BCUT2D eigenvalue weighted by molar-refractivity contribution is 0.263. The Hall–Kier alpha value is -1.92. The topological polar surface area (TPSA) is 51.4 Å². The van der Waals surface area contributed by atoms with Crippen LogP contribution < -0.4 is 10.9 Å². The van der Waals surface area contributed by atoms with Gasteiger partial charge in [0, 0.05) is 25.2 Å². The number of H-pyrrole nitrogens is 1. The highest BCUT2D eigenvalue weighted by molar-refractivity contribution is 7.80. The van der Waals surface area contributed by atoms with Gasteiger partial charge in [0.2, 0.25) is 0 Å². The molecule has 148 valence electrons. The third-order valence-electron chi connectivity index (χ3n) is 5.18. The molecule has 0 amide bonds. The lowest BCUT2D eigenvalue weighted by atomic mass is 10.0. The minimum atomic E-state index is -0.0386. The zero-order valence-electron chi connectivity index (χ0n) is 17.2. The molecule has 2 aromatic rings. The standard InChI is InChI=1S/C21H32N4OS/c1-6-22-21(27)25(12-11-24(7-2)8-3)14-18-13-17-10-9-15(4)16(5)19(17)23-20(18)26/h9-10,13H,6-8,11-12,14H2,1-5H3,(H,22,27)(H,23,26). The maximum Gasteiger partial charge on any atom is 0.253 e. The van der Waals surface area contributed by atoms with Crippen LogP contribution >= 0.6 is 12.2 Å². The molecule has 0 saturated carbocycles. The Morgan fingerprint density at radius 3 is 2.48 bits per heavy atom. The smallest absolute Gasteiger partial charge is 0.253 e. The number of rotatable bonds is 8. The van der Waals surface area contributed by atoms with Gasteiger partial charge in [0.1, 0.15) is 0 Å². The average Bonchev–Trinajstić information content (AvgIpc) is 2.65. The molecule has 0 unspecified atom stereocenters. The average molecular weight is 389 g/mol. The summed E-state index contributed by atoms with van der Waals surface area (Å²) in [6, 6.07) is 6.17. The van der Waals surface area contributed by atoms with E-state index < -0.39 is 0 Å². The van der Waals surface area contributed by atoms with Gasteiger partial charge in [-0.3, -0.25) is 4.79 Å². The van der Waals surface area contributed by atoms with Crippen molar-refractivity contribution in [3.63, 3.8) is 0 Å². The number of hydrogen-bond donors (Lipinski definition) is 2. The normalized spacial score (nSPS) is 11.2. The first-order valence-corrected chi connectivity index (χ1v) is 10.2. The molecular formula is C21H32N4OS. The quantitative estimate of drug-likeness (QED) is 0.680. The Bertz CT molecular complexity index is 842. The maximum absolute atomic E-state index is 12.7. The van der Waals surface area contributed by atoms with Crippen molar-refractivity contribution in [2.75, 3.05) is 32.7 Å². The summed E-state index contributed by atoms with van der Waals surface area (Å²) in [7, 11) is 0. The van der Waals surface area contributed by atoms with Gasteiger partial charge < -0.3 is 20.1 Å². The Morgan fingerprint density at radius 1 is 1.15 bits per heavy atom. The number of pyridine rings is 1. The van der Waals surface area contributed by atoms with E-state index in [9.17, 15) is 4.79 Å². The molecule has 27 heavy (non-hydrogen) atoms. The Kier molecular flexibility index (Phi) is 7.80. The molecule has 0 spiro atoms. The summed E-state index contributed by atoms with van der Waals surface area (Å²) >= 11 is 5.56. The van der Waals surface area contributed by atoms with Crippen LogP contribution in [0.25, 0.3) is 10.9 Å². The maximum atomic E-state index is 12.7. The molecule has 0 aliphatic rings. The second-order valence-corrected chi connectivity index (χ2v) is 7.27. The zero-order chi connectivity index (χ0) is 20.0. The van der Waals surface area contributed by atoms with Gasteiger partial charge in [0.15, 0.2) is 5.11 Å². The van der Waals surface area contributed by atoms with Gasteiger partial charge in [-0.15, -0.1) is 0 Å². The number of likely N-dealkylation sites (N-methyl/N-ethyl adjacent to an activating group) is 1. The van der Waals surface area contributed by atoms with E-state index in [1.807, 2.05) is 19.9 Å². The molecule has 0 aliphatic heterocycles. The highest BCUT2D eigenvalue weighted by atomic mass is 32.1. The lowest BCUT2D eigenvalue weighted by Gasteiger charge is -2.28. The summed E-state index contributed by atoms with van der Waals surface area (Å²) in [5.41, 5.74) is 3.93. The summed E-state index contributed by atoms with van der Waals surface area (Å²) in [5, 5.41) is 4.98. The van der Waals surface area contributed by atoms with Crippen molar-refractivity contribution in [1.29, 1.82) is 0 Å². The summed E-state index contributed by atoms with van der Waals surface area (Å²) in [4.78, 5) is 20.2. The van der Waals surface area contributed by atoms with E-state index in [4.69, 9.17) is 12.2 Å². The van der Waals surface area contributed by atoms with E-state index in [0.717, 1.165) is 54.8 Å². The number of nitrogens with one attached hydrogen (secondary N) is 2. The molecule has 0 radical (unpaired) electrons. The number of benzene rings is 1. The summed E-state index contributed by atoms with van der Waals surface area (Å²) in [6.07, 6.45) is 0. The van der Waals surface area contributed by atoms with Crippen LogP contribution in [-0.2, 0) is 6.54 Å². The molecule has 1 heterocycles. The fraction of sp³-hybridized carbons (Fsp3) is 0.524. The van der Waals surface area contributed by atoms with Crippen LogP contribution in [-0.4, -0.2) is 52.6 Å². The number of thiocarbonyl (C=S) groups is 1. The molecule has 0 atom stereocenters. The number of nitrogens with zero attached hydrogens (tertiary/aromatic N) is 2. The van der Waals surface area contributed by atoms with Gasteiger partial charge in [0.25, 0.3) is 5.56 Å². The van der Waals surface area contributed by atoms with E-state index in [0.29, 0.717) is 11.7 Å². The van der Waals surface area contributed by atoms with Crippen LogP contribution in [0.2, 0.25) is 0 Å². The van der Waals surface area contributed by atoms with Crippen LogP contribution in [0, 0.1) is 13.8 Å². The molecule has 0 aliphatic carbocycles. The molecule has 1 aromatic carbocycles. The van der Waals surface area contributed by atoms with Gasteiger partial charge in [-0.1, -0.05) is 26.0 Å². The van der Waals surface area contributed by atoms with Crippen LogP contribution in [0.5, 0.6) is 0 Å². The minimum Gasteiger partial charge on any atom is -0.363 e. The first-order chi connectivity index (χ1) is 12.9. The van der Waals surface area contributed by atoms with Crippen molar-refractivity contribution in [1.82, 2.24) is 20.1 Å². The molecule has 5 nitrogen and oxygen atoms in total. The molecule has 0 bridgehead atoms. The van der Waals surface area contributed by atoms with Crippen LogP contribution in [0.3, 0.4) is 0 Å². The highest BCUT2D eigenvalue weighted by Gasteiger charge is 2.14. The SMILES string of the molecule is CCNC(=S)N(CCN(CC)CC)Cc1cc2ccc(C)c(C)c2[nH]c1=O. The minimum absolute atomic E-state index is 0.0386. The fourth-order valence-corrected chi connectivity index (χ4v) is 3.51. The molecule has 2 N–H and O–H groups in total. The van der Waals surface area contributed by atoms with Gasteiger partial charge in [-0.05, 0) is 68.7 Å². The molecule has 0 fully saturated rings. The van der Waals surface area contributed by atoms with E-state index in [1.165, 1.54) is 5.56 Å². The van der Waals surface area contributed by atoms with Crippen LogP contribution in [0.4, 0.5) is 0 Å². The van der Waals surface area contributed by atoms with E-state index in [1.54, 1.807) is 0 Å². The zero-order valence-corrected chi connectivity index (χ0v) is 18.0. The lowest BCUT2D eigenvalue weighted by Crippen LogP contribution is -2.44. The van der Waals surface area contributed by atoms with Gasteiger partial charge in [0.05, 0.1) is 12.1 Å². The fourth-order valence-electron chi connectivity index (χ4n) is 3.21. The van der Waals surface area contributed by atoms with Crippen molar-refractivity contribution in [3.8, 4) is 0 Å². The van der Waals surface area contributed by atoms with Crippen molar-refractivity contribution >= 4 is 28.2 Å². The van der Waals surface area contributed by atoms with Gasteiger partial charge in [-0.2, -0.15) is 0 Å². The highest BCUT2D eigenvalue weighted by Crippen LogP contribution is 2.19. The molecule has 6 heteroatoms. The van der Waals surface area contributed by atoms with Gasteiger partial charge in [-0.25, -0.2) is 0 Å². The largest absolute Gasteiger partial charge is 0.363 e. The van der Waals surface area contributed by atoms with Crippen molar-refractivity contribution in [2.45, 2.75) is 41.2 Å². The third-order valence-corrected chi connectivity index (χ3v) is 5.59. The second kappa shape index (κ2) is 9.85. The molecular weight excluding hydrogens is 356 g/mol. The number of fused-ring (bicyclic) bond motifs is 1. The predicted octanol–water partition coefficient (Wildman–Crippen LogP) is 3.18. The first-order valence-electron chi connectivity index (χ1n) is 9.78. The molecule has 0 saturated heterocycles. The predicted molar refractivity (Wildman–Crippen MR) is 119 cm³/mol. The number of aromatic amines is 1. The Labute approximate surface area is 167 Å². The van der Waals surface area contributed by atoms with Crippen LogP contribution in [0.15, 0.2) is 23.0 Å². The van der Waals surface area contributed by atoms with E-state index >= 15 is 0 Å². The Balaban J connectivity index is 2.30. The number of aryl methyl sites for hydroxylation is 2.